The fourth-order valence-electron chi connectivity index (χ4n) is 3.21. The SMILES string of the molecule is CC(C)S(=O)(=O)c1ccc(Cc2nnc(NC(=O)c3cccc4ccccc34)o2)cc1. The van der Waals surface area contributed by atoms with Gasteiger partial charge in [0, 0.05) is 5.56 Å². The van der Waals surface area contributed by atoms with Gasteiger partial charge in [0.15, 0.2) is 9.84 Å². The van der Waals surface area contributed by atoms with E-state index in [9.17, 15) is 13.2 Å². The number of carbonyl (C=O) groups excluding carboxylic acids is 1. The van der Waals surface area contributed by atoms with E-state index in [-0.39, 0.29) is 16.8 Å². The third-order valence-electron chi connectivity index (χ3n) is 4.95. The van der Waals surface area contributed by atoms with Crippen LogP contribution in [0.4, 0.5) is 6.01 Å². The molecule has 0 saturated heterocycles. The molecule has 158 valence electrons. The molecule has 0 fully saturated rings. The molecule has 0 unspecified atom stereocenters. The average Bonchev–Trinajstić information content (AvgIpc) is 3.20. The van der Waals surface area contributed by atoms with E-state index in [0.717, 1.165) is 16.3 Å². The minimum absolute atomic E-state index is 0.00643. The number of aromatic nitrogens is 2. The molecule has 31 heavy (non-hydrogen) atoms. The van der Waals surface area contributed by atoms with E-state index in [1.165, 1.54) is 0 Å². The summed E-state index contributed by atoms with van der Waals surface area (Å²) in [6.07, 6.45) is 0.319. The van der Waals surface area contributed by atoms with Gasteiger partial charge in [-0.15, -0.1) is 5.10 Å². The number of hydrogen-bond acceptors (Lipinski definition) is 6. The quantitative estimate of drug-likeness (QED) is 0.486. The minimum atomic E-state index is -3.32. The fourth-order valence-corrected chi connectivity index (χ4v) is 4.27. The fraction of sp³-hybridized carbons (Fsp3) is 0.174. The zero-order valence-electron chi connectivity index (χ0n) is 17.1. The molecule has 0 aliphatic heterocycles. The molecule has 3 aromatic carbocycles. The highest BCUT2D eigenvalue weighted by atomic mass is 32.2. The van der Waals surface area contributed by atoms with Gasteiger partial charge in [-0.2, -0.15) is 0 Å². The first-order valence-corrected chi connectivity index (χ1v) is 11.3. The molecule has 4 rings (SSSR count). The van der Waals surface area contributed by atoms with Gasteiger partial charge in [0.1, 0.15) is 0 Å². The van der Waals surface area contributed by atoms with Crippen molar-refractivity contribution < 1.29 is 17.6 Å². The summed E-state index contributed by atoms with van der Waals surface area (Å²) >= 11 is 0. The van der Waals surface area contributed by atoms with Crippen LogP contribution in [0.2, 0.25) is 0 Å². The van der Waals surface area contributed by atoms with Gasteiger partial charge in [0.05, 0.1) is 16.6 Å². The lowest BCUT2D eigenvalue weighted by Gasteiger charge is -2.08. The smallest absolute Gasteiger partial charge is 0.322 e. The van der Waals surface area contributed by atoms with Crippen LogP contribution in [0.3, 0.4) is 0 Å². The Bertz CT molecular complexity index is 1340. The van der Waals surface area contributed by atoms with Gasteiger partial charge in [-0.05, 0) is 48.4 Å². The highest BCUT2D eigenvalue weighted by Gasteiger charge is 2.19. The van der Waals surface area contributed by atoms with E-state index >= 15 is 0 Å². The molecule has 0 bridgehead atoms. The van der Waals surface area contributed by atoms with Crippen molar-refractivity contribution in [3.63, 3.8) is 0 Å². The summed E-state index contributed by atoms with van der Waals surface area (Å²) in [5.74, 6) is -0.0251. The Morgan fingerprint density at radius 1 is 0.968 bits per heavy atom. The number of hydrogen-bond donors (Lipinski definition) is 1. The molecule has 0 spiro atoms. The third-order valence-corrected chi connectivity index (χ3v) is 7.12. The van der Waals surface area contributed by atoms with Crippen LogP contribution < -0.4 is 5.32 Å². The van der Waals surface area contributed by atoms with Crippen LogP contribution in [0, 0.1) is 0 Å². The lowest BCUT2D eigenvalue weighted by molar-refractivity contribution is 0.102. The van der Waals surface area contributed by atoms with Crippen LogP contribution in [0.25, 0.3) is 10.8 Å². The Labute approximate surface area is 180 Å². The van der Waals surface area contributed by atoms with Crippen molar-refractivity contribution in [2.45, 2.75) is 30.4 Å². The minimum Gasteiger partial charge on any atom is -0.407 e. The van der Waals surface area contributed by atoms with Crippen molar-refractivity contribution in [1.82, 2.24) is 10.2 Å². The van der Waals surface area contributed by atoms with Gasteiger partial charge in [-0.1, -0.05) is 53.6 Å². The van der Waals surface area contributed by atoms with Crippen molar-refractivity contribution in [3.05, 3.63) is 83.7 Å². The van der Waals surface area contributed by atoms with Gasteiger partial charge in [-0.3, -0.25) is 10.1 Å². The first kappa shape index (κ1) is 20.7. The van der Waals surface area contributed by atoms with Gasteiger partial charge >= 0.3 is 6.01 Å². The maximum atomic E-state index is 12.7. The molecule has 1 heterocycles. The highest BCUT2D eigenvalue weighted by Crippen LogP contribution is 2.21. The summed E-state index contributed by atoms with van der Waals surface area (Å²) in [6.45, 7) is 3.30. The van der Waals surface area contributed by atoms with Gasteiger partial charge in [0.25, 0.3) is 5.91 Å². The Morgan fingerprint density at radius 3 is 2.42 bits per heavy atom. The summed E-state index contributed by atoms with van der Waals surface area (Å²) < 4.78 is 30.0. The van der Waals surface area contributed by atoms with Crippen LogP contribution >= 0.6 is 0 Å². The number of amides is 1. The normalized spacial score (nSPS) is 11.7. The molecule has 0 aliphatic carbocycles. The Kier molecular flexibility index (Phi) is 5.56. The number of carbonyl (C=O) groups is 1. The van der Waals surface area contributed by atoms with Gasteiger partial charge in [-0.25, -0.2) is 8.42 Å². The molecule has 0 aliphatic rings. The Balaban J connectivity index is 1.47. The topological polar surface area (TPSA) is 102 Å². The molecule has 0 atom stereocenters. The number of fused-ring (bicyclic) bond motifs is 1. The first-order chi connectivity index (χ1) is 14.8. The third kappa shape index (κ3) is 4.34. The van der Waals surface area contributed by atoms with Crippen molar-refractivity contribution in [3.8, 4) is 0 Å². The van der Waals surface area contributed by atoms with Crippen LogP contribution in [-0.4, -0.2) is 29.8 Å². The average molecular weight is 436 g/mol. The lowest BCUT2D eigenvalue weighted by atomic mass is 10.0. The van der Waals surface area contributed by atoms with Crippen molar-refractivity contribution in [2.24, 2.45) is 0 Å². The van der Waals surface area contributed by atoms with Crippen LogP contribution in [-0.2, 0) is 16.3 Å². The van der Waals surface area contributed by atoms with Crippen LogP contribution in [0.5, 0.6) is 0 Å². The maximum Gasteiger partial charge on any atom is 0.322 e. The summed E-state index contributed by atoms with van der Waals surface area (Å²) in [5.41, 5.74) is 1.33. The highest BCUT2D eigenvalue weighted by molar-refractivity contribution is 7.92. The second-order valence-corrected chi connectivity index (χ2v) is 9.90. The number of nitrogens with one attached hydrogen (secondary N) is 1. The molecule has 1 N–H and O–H groups in total. The summed E-state index contributed by atoms with van der Waals surface area (Å²) in [6, 6.07) is 19.7. The molecule has 4 aromatic rings. The van der Waals surface area contributed by atoms with Gasteiger partial charge < -0.3 is 4.42 Å². The molecule has 1 amide bonds. The molecule has 7 nitrogen and oxygen atoms in total. The molecule has 8 heteroatoms. The summed E-state index contributed by atoms with van der Waals surface area (Å²) in [7, 11) is -3.32. The molecule has 0 saturated carbocycles. The number of sulfone groups is 1. The van der Waals surface area contributed by atoms with Crippen LogP contribution in [0.15, 0.2) is 76.0 Å². The zero-order chi connectivity index (χ0) is 22.0. The van der Waals surface area contributed by atoms with Crippen molar-refractivity contribution in [2.75, 3.05) is 5.32 Å². The summed E-state index contributed by atoms with van der Waals surface area (Å²) in [5, 5.41) is 11.8. The predicted molar refractivity (Wildman–Crippen MR) is 118 cm³/mol. The second-order valence-electron chi connectivity index (χ2n) is 7.40. The van der Waals surface area contributed by atoms with E-state index in [2.05, 4.69) is 15.5 Å². The number of nitrogens with zero attached hydrogens (tertiary/aromatic N) is 2. The standard InChI is InChI=1S/C23H21N3O4S/c1-15(2)31(28,29)18-12-10-16(11-13-18)14-21-25-26-23(30-21)24-22(27)20-9-5-7-17-6-3-4-8-19(17)20/h3-13,15H,14H2,1-2H3,(H,24,26,27). The molecular formula is C23H21N3O4S. The van der Waals surface area contributed by atoms with E-state index in [4.69, 9.17) is 4.42 Å². The van der Waals surface area contributed by atoms with Crippen molar-refractivity contribution >= 4 is 32.5 Å². The predicted octanol–water partition coefficient (Wildman–Crippen LogP) is 4.25. The number of rotatable bonds is 6. The first-order valence-electron chi connectivity index (χ1n) is 9.79. The molecule has 1 aromatic heterocycles. The number of benzene rings is 3. The van der Waals surface area contributed by atoms with E-state index in [1.807, 2.05) is 36.4 Å². The second kappa shape index (κ2) is 8.31. The zero-order valence-corrected chi connectivity index (χ0v) is 17.9. The Morgan fingerprint density at radius 2 is 1.68 bits per heavy atom. The monoisotopic (exact) mass is 435 g/mol. The van der Waals surface area contributed by atoms with Crippen molar-refractivity contribution in [1.29, 1.82) is 0 Å². The maximum absolute atomic E-state index is 12.7. The summed E-state index contributed by atoms with van der Waals surface area (Å²) in [4.78, 5) is 13.0. The largest absolute Gasteiger partial charge is 0.407 e. The lowest BCUT2D eigenvalue weighted by Crippen LogP contribution is -2.13. The van der Waals surface area contributed by atoms with Crippen LogP contribution in [0.1, 0.15) is 35.7 Å². The molecular weight excluding hydrogens is 414 g/mol. The van der Waals surface area contributed by atoms with E-state index in [0.29, 0.717) is 17.9 Å². The number of anilines is 1. The molecule has 0 radical (unpaired) electrons. The van der Waals surface area contributed by atoms with Gasteiger partial charge in [0.2, 0.25) is 5.89 Å². The van der Waals surface area contributed by atoms with E-state index in [1.54, 1.807) is 44.2 Å². The van der Waals surface area contributed by atoms with E-state index < -0.39 is 15.1 Å². The Hall–Kier alpha value is -3.52.